The van der Waals surface area contributed by atoms with Gasteiger partial charge in [-0.1, -0.05) is 6.42 Å². The van der Waals surface area contributed by atoms with Crippen LogP contribution in [-0.4, -0.2) is 32.2 Å². The molecule has 108 valence electrons. The molecule has 0 amide bonds. The van der Waals surface area contributed by atoms with E-state index in [2.05, 4.69) is 15.0 Å². The fourth-order valence-corrected chi connectivity index (χ4v) is 2.96. The molecule has 0 aromatic carbocycles. The van der Waals surface area contributed by atoms with Gasteiger partial charge in [-0.3, -0.25) is 0 Å². The van der Waals surface area contributed by atoms with Crippen LogP contribution in [0.3, 0.4) is 0 Å². The molecule has 20 heavy (non-hydrogen) atoms. The second-order valence-electron chi connectivity index (χ2n) is 4.90. The molecule has 2 rings (SSSR count). The number of hydrogen-bond donors (Lipinski definition) is 2. The Morgan fingerprint density at radius 1 is 1.45 bits per heavy atom. The maximum absolute atomic E-state index is 11.8. The van der Waals surface area contributed by atoms with Gasteiger partial charge in [-0.2, -0.15) is 5.26 Å². The minimum Gasteiger partial charge on any atom is -0.368 e. The molecule has 1 aromatic heterocycles. The van der Waals surface area contributed by atoms with Crippen LogP contribution in [0.15, 0.2) is 18.3 Å². The van der Waals surface area contributed by atoms with Crippen LogP contribution in [0.4, 0.5) is 5.82 Å². The Kier molecular flexibility index (Phi) is 4.93. The zero-order valence-electron chi connectivity index (χ0n) is 11.2. The number of hydrogen-bond acceptors (Lipinski definition) is 5. The Balaban J connectivity index is 1.78. The summed E-state index contributed by atoms with van der Waals surface area (Å²) in [5, 5.41) is 11.8. The molecule has 7 heteroatoms. The van der Waals surface area contributed by atoms with E-state index in [1.54, 1.807) is 18.3 Å². The van der Waals surface area contributed by atoms with Gasteiger partial charge in [0.2, 0.25) is 10.0 Å². The van der Waals surface area contributed by atoms with Crippen LogP contribution in [0.1, 0.15) is 24.8 Å². The Morgan fingerprint density at radius 2 is 2.25 bits per heavy atom. The Bertz CT molecular complexity index is 591. The first kappa shape index (κ1) is 14.8. The second kappa shape index (κ2) is 6.68. The molecule has 0 atom stereocenters. The van der Waals surface area contributed by atoms with Gasteiger partial charge in [0, 0.05) is 19.3 Å². The predicted molar refractivity (Wildman–Crippen MR) is 76.6 cm³/mol. The average Bonchev–Trinajstić information content (AvgIpc) is 2.37. The van der Waals surface area contributed by atoms with Gasteiger partial charge in [0.05, 0.1) is 11.3 Å². The fourth-order valence-electron chi connectivity index (χ4n) is 1.95. The molecule has 1 fully saturated rings. The van der Waals surface area contributed by atoms with Gasteiger partial charge in [-0.25, -0.2) is 18.1 Å². The van der Waals surface area contributed by atoms with E-state index < -0.39 is 10.0 Å². The van der Waals surface area contributed by atoms with Gasteiger partial charge in [0.1, 0.15) is 11.9 Å². The number of rotatable bonds is 7. The molecule has 6 nitrogen and oxygen atoms in total. The summed E-state index contributed by atoms with van der Waals surface area (Å²) in [5.41, 5.74) is 0.410. The number of nitriles is 1. The van der Waals surface area contributed by atoms with Crippen molar-refractivity contribution in [3.63, 3.8) is 0 Å². The highest BCUT2D eigenvalue weighted by Gasteiger charge is 2.20. The molecular formula is C13H18N4O2S. The third-order valence-corrected chi connectivity index (χ3v) is 4.76. The number of pyridine rings is 1. The van der Waals surface area contributed by atoms with Gasteiger partial charge in [0.25, 0.3) is 0 Å². The molecule has 1 aliphatic rings. The van der Waals surface area contributed by atoms with Crippen molar-refractivity contribution in [3.05, 3.63) is 23.9 Å². The quantitative estimate of drug-likeness (QED) is 0.785. The van der Waals surface area contributed by atoms with Crippen LogP contribution >= 0.6 is 0 Å². The topological polar surface area (TPSA) is 94.9 Å². The van der Waals surface area contributed by atoms with Crippen LogP contribution < -0.4 is 10.0 Å². The van der Waals surface area contributed by atoms with Crippen LogP contribution in [0.25, 0.3) is 0 Å². The van der Waals surface area contributed by atoms with E-state index in [9.17, 15) is 8.42 Å². The van der Waals surface area contributed by atoms with E-state index in [1.165, 1.54) is 6.42 Å². The summed E-state index contributed by atoms with van der Waals surface area (Å²) in [5.74, 6) is 0.893. The SMILES string of the molecule is N#Cc1cccnc1NCCS(=O)(=O)NCC1CCC1. The fraction of sp³-hybridized carbons (Fsp3) is 0.538. The monoisotopic (exact) mass is 294 g/mol. The molecule has 0 radical (unpaired) electrons. The number of nitrogens with zero attached hydrogens (tertiary/aromatic N) is 2. The lowest BCUT2D eigenvalue weighted by atomic mass is 9.86. The first-order chi connectivity index (χ1) is 9.61. The third kappa shape index (κ3) is 4.18. The van der Waals surface area contributed by atoms with Crippen molar-refractivity contribution < 1.29 is 8.42 Å². The van der Waals surface area contributed by atoms with Crippen LogP contribution in [0.2, 0.25) is 0 Å². The molecule has 1 aliphatic carbocycles. The molecule has 1 aromatic rings. The van der Waals surface area contributed by atoms with E-state index in [4.69, 9.17) is 5.26 Å². The van der Waals surface area contributed by atoms with Crippen LogP contribution in [-0.2, 0) is 10.0 Å². The first-order valence-electron chi connectivity index (χ1n) is 6.67. The lowest BCUT2D eigenvalue weighted by molar-refractivity contribution is 0.316. The van der Waals surface area contributed by atoms with E-state index >= 15 is 0 Å². The minimum atomic E-state index is -3.27. The highest BCUT2D eigenvalue weighted by atomic mass is 32.2. The highest BCUT2D eigenvalue weighted by molar-refractivity contribution is 7.89. The van der Waals surface area contributed by atoms with Crippen LogP contribution in [0.5, 0.6) is 0 Å². The van der Waals surface area contributed by atoms with Crippen molar-refractivity contribution in [2.45, 2.75) is 19.3 Å². The standard InChI is InChI=1S/C13H18N4O2S/c14-9-12-5-2-6-15-13(12)16-7-8-20(18,19)17-10-11-3-1-4-11/h2,5-6,11,17H,1,3-4,7-8,10H2,(H,15,16). The summed E-state index contributed by atoms with van der Waals surface area (Å²) in [6.45, 7) is 0.765. The number of aromatic nitrogens is 1. The number of nitrogens with one attached hydrogen (secondary N) is 2. The molecule has 0 saturated heterocycles. The van der Waals surface area contributed by atoms with Crippen molar-refractivity contribution in [2.75, 3.05) is 24.2 Å². The summed E-state index contributed by atoms with van der Waals surface area (Å²) in [4.78, 5) is 4.02. The van der Waals surface area contributed by atoms with Gasteiger partial charge < -0.3 is 5.32 Å². The average molecular weight is 294 g/mol. The zero-order valence-corrected chi connectivity index (χ0v) is 12.0. The highest BCUT2D eigenvalue weighted by Crippen LogP contribution is 2.25. The van der Waals surface area contributed by atoms with E-state index in [1.807, 2.05) is 6.07 Å². The minimum absolute atomic E-state index is 0.0266. The zero-order chi connectivity index (χ0) is 14.4. The van der Waals surface area contributed by atoms with Crippen molar-refractivity contribution in [1.82, 2.24) is 9.71 Å². The molecule has 0 unspecified atom stereocenters. The Labute approximate surface area is 119 Å². The van der Waals surface area contributed by atoms with Gasteiger partial charge in [-0.05, 0) is 30.9 Å². The summed E-state index contributed by atoms with van der Waals surface area (Å²) in [6.07, 6.45) is 4.98. The molecule has 1 saturated carbocycles. The van der Waals surface area contributed by atoms with Gasteiger partial charge in [0.15, 0.2) is 0 Å². The predicted octanol–water partition coefficient (Wildman–Crippen LogP) is 1.08. The van der Waals surface area contributed by atoms with E-state index in [-0.39, 0.29) is 12.3 Å². The van der Waals surface area contributed by atoms with Gasteiger partial charge >= 0.3 is 0 Å². The molecule has 0 aliphatic heterocycles. The lowest BCUT2D eigenvalue weighted by Crippen LogP contribution is -2.35. The normalized spacial score (nSPS) is 15.3. The largest absolute Gasteiger partial charge is 0.368 e. The summed E-state index contributed by atoms with van der Waals surface area (Å²) >= 11 is 0. The number of sulfonamides is 1. The van der Waals surface area contributed by atoms with Crippen molar-refractivity contribution >= 4 is 15.8 Å². The third-order valence-electron chi connectivity index (χ3n) is 3.41. The smallest absolute Gasteiger partial charge is 0.213 e. The Hall–Kier alpha value is -1.65. The number of anilines is 1. The molecule has 0 spiro atoms. The molecule has 0 bridgehead atoms. The maximum Gasteiger partial charge on any atom is 0.213 e. The Morgan fingerprint density at radius 3 is 2.90 bits per heavy atom. The van der Waals surface area contributed by atoms with Crippen molar-refractivity contribution in [1.29, 1.82) is 5.26 Å². The molecule has 2 N–H and O–H groups in total. The van der Waals surface area contributed by atoms with E-state index in [0.717, 1.165) is 12.8 Å². The summed E-state index contributed by atoms with van der Waals surface area (Å²) in [6, 6.07) is 5.31. The van der Waals surface area contributed by atoms with Crippen molar-refractivity contribution in [2.24, 2.45) is 5.92 Å². The molecule has 1 heterocycles. The van der Waals surface area contributed by atoms with Crippen LogP contribution in [0, 0.1) is 17.2 Å². The second-order valence-corrected chi connectivity index (χ2v) is 6.83. The maximum atomic E-state index is 11.8. The lowest BCUT2D eigenvalue weighted by Gasteiger charge is -2.25. The summed E-state index contributed by atoms with van der Waals surface area (Å²) in [7, 11) is -3.27. The van der Waals surface area contributed by atoms with Crippen molar-refractivity contribution in [3.8, 4) is 6.07 Å². The van der Waals surface area contributed by atoms with E-state index in [0.29, 0.717) is 23.8 Å². The van der Waals surface area contributed by atoms with Gasteiger partial charge in [-0.15, -0.1) is 0 Å². The summed E-state index contributed by atoms with van der Waals surface area (Å²) < 4.78 is 26.2. The molecular weight excluding hydrogens is 276 g/mol. The first-order valence-corrected chi connectivity index (χ1v) is 8.32.